The lowest BCUT2D eigenvalue weighted by Gasteiger charge is -2.23. The summed E-state index contributed by atoms with van der Waals surface area (Å²) >= 11 is 0. The predicted molar refractivity (Wildman–Crippen MR) is 84.3 cm³/mol. The standard InChI is InChI=1S/C16H24N2O4/c1-5-21-14(19)13(18-15(20)22-16(2,3)4)10-11-7-6-8-12(17)9-11/h6-9,13H,5,10,17H2,1-4H3,(H,18,20). The summed E-state index contributed by atoms with van der Waals surface area (Å²) in [6.07, 6.45) is -0.377. The van der Waals surface area contributed by atoms with Crippen molar-refractivity contribution in [2.75, 3.05) is 12.3 Å². The lowest BCUT2D eigenvalue weighted by molar-refractivity contribution is -0.145. The van der Waals surface area contributed by atoms with Gasteiger partial charge in [-0.3, -0.25) is 0 Å². The molecule has 0 fully saturated rings. The van der Waals surface area contributed by atoms with Gasteiger partial charge in [-0.05, 0) is 45.4 Å². The number of hydrogen-bond acceptors (Lipinski definition) is 5. The van der Waals surface area contributed by atoms with Gasteiger partial charge in [0, 0.05) is 12.1 Å². The van der Waals surface area contributed by atoms with Gasteiger partial charge in [-0.25, -0.2) is 9.59 Å². The molecule has 6 heteroatoms. The van der Waals surface area contributed by atoms with Gasteiger partial charge in [-0.1, -0.05) is 12.1 Å². The number of anilines is 1. The molecule has 1 unspecified atom stereocenters. The summed E-state index contributed by atoms with van der Waals surface area (Å²) in [6, 6.07) is 6.31. The molecule has 3 N–H and O–H groups in total. The summed E-state index contributed by atoms with van der Waals surface area (Å²) in [6.45, 7) is 7.21. The highest BCUT2D eigenvalue weighted by Gasteiger charge is 2.25. The molecule has 1 aromatic rings. The third-order valence-corrected chi connectivity index (χ3v) is 2.65. The van der Waals surface area contributed by atoms with Crippen molar-refractivity contribution in [2.24, 2.45) is 0 Å². The summed E-state index contributed by atoms with van der Waals surface area (Å²) < 4.78 is 10.2. The smallest absolute Gasteiger partial charge is 0.408 e. The van der Waals surface area contributed by atoms with E-state index >= 15 is 0 Å². The van der Waals surface area contributed by atoms with Crippen LogP contribution in [-0.4, -0.2) is 30.3 Å². The highest BCUT2D eigenvalue weighted by molar-refractivity contribution is 5.81. The number of benzene rings is 1. The largest absolute Gasteiger partial charge is 0.464 e. The summed E-state index contributed by atoms with van der Waals surface area (Å²) in [5.41, 5.74) is 6.51. The number of carbonyl (C=O) groups excluding carboxylic acids is 2. The van der Waals surface area contributed by atoms with Crippen molar-refractivity contribution in [3.63, 3.8) is 0 Å². The zero-order chi connectivity index (χ0) is 16.8. The molecule has 0 aromatic heterocycles. The molecule has 0 saturated carbocycles. The number of alkyl carbamates (subject to hydrolysis) is 1. The van der Waals surface area contributed by atoms with E-state index in [-0.39, 0.29) is 13.0 Å². The SMILES string of the molecule is CCOC(=O)C(Cc1cccc(N)c1)NC(=O)OC(C)(C)C. The van der Waals surface area contributed by atoms with Crippen LogP contribution in [0.3, 0.4) is 0 Å². The molecular weight excluding hydrogens is 284 g/mol. The topological polar surface area (TPSA) is 90.6 Å². The van der Waals surface area contributed by atoms with Crippen LogP contribution in [-0.2, 0) is 20.7 Å². The van der Waals surface area contributed by atoms with E-state index in [1.54, 1.807) is 45.9 Å². The molecule has 0 heterocycles. The van der Waals surface area contributed by atoms with E-state index in [0.717, 1.165) is 5.56 Å². The second-order valence-corrected chi connectivity index (χ2v) is 5.90. The lowest BCUT2D eigenvalue weighted by atomic mass is 10.1. The quantitative estimate of drug-likeness (QED) is 0.643. The van der Waals surface area contributed by atoms with E-state index in [4.69, 9.17) is 15.2 Å². The number of nitrogens with one attached hydrogen (secondary N) is 1. The second-order valence-electron chi connectivity index (χ2n) is 5.90. The van der Waals surface area contributed by atoms with Gasteiger partial charge in [0.25, 0.3) is 0 Å². The first kappa shape index (κ1) is 17.8. The van der Waals surface area contributed by atoms with Crippen LogP contribution in [0.1, 0.15) is 33.3 Å². The molecule has 1 rings (SSSR count). The Morgan fingerprint density at radius 3 is 2.55 bits per heavy atom. The number of ether oxygens (including phenoxy) is 2. The average Bonchev–Trinajstić information content (AvgIpc) is 2.36. The Morgan fingerprint density at radius 1 is 1.32 bits per heavy atom. The van der Waals surface area contributed by atoms with Gasteiger partial charge in [0.15, 0.2) is 0 Å². The van der Waals surface area contributed by atoms with E-state index in [0.29, 0.717) is 5.69 Å². The Bertz CT molecular complexity index is 523. The van der Waals surface area contributed by atoms with Crippen LogP contribution in [0.25, 0.3) is 0 Å². The van der Waals surface area contributed by atoms with Crippen molar-refractivity contribution >= 4 is 17.7 Å². The number of carbonyl (C=O) groups is 2. The van der Waals surface area contributed by atoms with Gasteiger partial charge >= 0.3 is 12.1 Å². The molecule has 1 aromatic carbocycles. The van der Waals surface area contributed by atoms with E-state index < -0.39 is 23.7 Å². The van der Waals surface area contributed by atoms with Crippen LogP contribution < -0.4 is 11.1 Å². The molecule has 6 nitrogen and oxygen atoms in total. The molecule has 0 aliphatic heterocycles. The van der Waals surface area contributed by atoms with Crippen LogP contribution in [0.15, 0.2) is 24.3 Å². The average molecular weight is 308 g/mol. The fourth-order valence-electron chi connectivity index (χ4n) is 1.84. The second kappa shape index (κ2) is 7.68. The minimum atomic E-state index is -0.823. The van der Waals surface area contributed by atoms with Gasteiger partial charge in [-0.15, -0.1) is 0 Å². The van der Waals surface area contributed by atoms with Crippen molar-refractivity contribution in [3.05, 3.63) is 29.8 Å². The number of nitrogens with two attached hydrogens (primary N) is 1. The van der Waals surface area contributed by atoms with Crippen LogP contribution in [0, 0.1) is 0 Å². The Hall–Kier alpha value is -2.24. The van der Waals surface area contributed by atoms with Crippen molar-refractivity contribution in [1.82, 2.24) is 5.32 Å². The monoisotopic (exact) mass is 308 g/mol. The molecule has 0 radical (unpaired) electrons. The maximum absolute atomic E-state index is 12.0. The lowest BCUT2D eigenvalue weighted by Crippen LogP contribution is -2.45. The molecule has 0 aliphatic carbocycles. The Balaban J connectivity index is 2.80. The number of amides is 1. The maximum atomic E-state index is 12.0. The fraction of sp³-hybridized carbons (Fsp3) is 0.500. The maximum Gasteiger partial charge on any atom is 0.408 e. The zero-order valence-corrected chi connectivity index (χ0v) is 13.5. The molecule has 22 heavy (non-hydrogen) atoms. The Kier molecular flexibility index (Phi) is 6.22. The summed E-state index contributed by atoms with van der Waals surface area (Å²) in [5, 5.41) is 2.55. The van der Waals surface area contributed by atoms with Crippen LogP contribution in [0.4, 0.5) is 10.5 Å². The van der Waals surface area contributed by atoms with Gasteiger partial charge in [-0.2, -0.15) is 0 Å². The van der Waals surface area contributed by atoms with E-state index in [1.165, 1.54) is 0 Å². The van der Waals surface area contributed by atoms with Crippen molar-refractivity contribution in [1.29, 1.82) is 0 Å². The van der Waals surface area contributed by atoms with Crippen LogP contribution >= 0.6 is 0 Å². The van der Waals surface area contributed by atoms with Crippen molar-refractivity contribution in [2.45, 2.75) is 45.8 Å². The van der Waals surface area contributed by atoms with Crippen LogP contribution in [0.2, 0.25) is 0 Å². The molecule has 0 spiro atoms. The van der Waals surface area contributed by atoms with Gasteiger partial charge < -0.3 is 20.5 Å². The first-order chi connectivity index (χ1) is 10.2. The van der Waals surface area contributed by atoms with Crippen molar-refractivity contribution < 1.29 is 19.1 Å². The molecule has 1 amide bonds. The van der Waals surface area contributed by atoms with Gasteiger partial charge in [0.2, 0.25) is 0 Å². The van der Waals surface area contributed by atoms with E-state index in [9.17, 15) is 9.59 Å². The molecule has 122 valence electrons. The van der Waals surface area contributed by atoms with E-state index in [2.05, 4.69) is 5.32 Å². The number of hydrogen-bond donors (Lipinski definition) is 2. The van der Waals surface area contributed by atoms with E-state index in [1.807, 2.05) is 6.07 Å². The minimum absolute atomic E-state index is 0.238. The number of rotatable bonds is 5. The molecule has 0 bridgehead atoms. The summed E-state index contributed by atoms with van der Waals surface area (Å²) in [5.74, 6) is -0.504. The highest BCUT2D eigenvalue weighted by atomic mass is 16.6. The van der Waals surface area contributed by atoms with Gasteiger partial charge in [0.05, 0.1) is 6.61 Å². The zero-order valence-electron chi connectivity index (χ0n) is 13.5. The molecule has 0 aliphatic rings. The summed E-state index contributed by atoms with van der Waals surface area (Å²) in [7, 11) is 0. The molecule has 1 atom stereocenters. The number of esters is 1. The predicted octanol–water partition coefficient (Wildman–Crippen LogP) is 2.27. The highest BCUT2D eigenvalue weighted by Crippen LogP contribution is 2.11. The molecular formula is C16H24N2O4. The summed E-state index contributed by atoms with van der Waals surface area (Å²) in [4.78, 5) is 23.9. The first-order valence-electron chi connectivity index (χ1n) is 7.22. The Morgan fingerprint density at radius 2 is 2.00 bits per heavy atom. The van der Waals surface area contributed by atoms with Crippen molar-refractivity contribution in [3.8, 4) is 0 Å². The molecule has 0 saturated heterocycles. The normalized spacial score (nSPS) is 12.4. The fourth-order valence-corrected chi connectivity index (χ4v) is 1.84. The minimum Gasteiger partial charge on any atom is -0.464 e. The van der Waals surface area contributed by atoms with Crippen LogP contribution in [0.5, 0.6) is 0 Å². The third-order valence-electron chi connectivity index (χ3n) is 2.65. The first-order valence-corrected chi connectivity index (χ1v) is 7.22. The Labute approximate surface area is 131 Å². The number of nitrogen functional groups attached to an aromatic ring is 1. The third kappa shape index (κ3) is 6.47. The van der Waals surface area contributed by atoms with Gasteiger partial charge in [0.1, 0.15) is 11.6 Å².